The zero-order chi connectivity index (χ0) is 26.5. The monoisotopic (exact) mass is 508 g/mol. The molecule has 1 aromatic heterocycles. The van der Waals surface area contributed by atoms with Gasteiger partial charge in [-0.15, -0.1) is 0 Å². The first-order valence-electron chi connectivity index (χ1n) is 11.2. The van der Waals surface area contributed by atoms with E-state index in [0.29, 0.717) is 28.1 Å². The zero-order valence-corrected chi connectivity index (χ0v) is 19.7. The summed E-state index contributed by atoms with van der Waals surface area (Å²) < 4.78 is 54.8. The lowest BCUT2D eigenvalue weighted by atomic mass is 9.81. The number of carbonyl (C=O) groups is 2. The van der Waals surface area contributed by atoms with E-state index in [1.807, 2.05) is 0 Å². The number of hydrogen-bond donors (Lipinski definition) is 2. The maximum absolute atomic E-state index is 13.8. The third-order valence-corrected chi connectivity index (χ3v) is 6.37. The Morgan fingerprint density at radius 3 is 2.43 bits per heavy atom. The summed E-state index contributed by atoms with van der Waals surface area (Å²) in [5.74, 6) is -1.77. The van der Waals surface area contributed by atoms with Crippen molar-refractivity contribution in [3.63, 3.8) is 0 Å². The number of nitrogens with one attached hydrogen (secondary N) is 2. The number of benzene rings is 3. The summed E-state index contributed by atoms with van der Waals surface area (Å²) in [6.07, 6.45) is -1.71. The summed E-state index contributed by atoms with van der Waals surface area (Å²) in [6, 6.07) is 13.2. The number of fused-ring (bicyclic) bond motifs is 1. The number of rotatable bonds is 4. The molecule has 0 bridgehead atoms. The molecule has 0 unspecified atom stereocenters. The quantitative estimate of drug-likeness (QED) is 0.311. The van der Waals surface area contributed by atoms with Gasteiger partial charge in [-0.3, -0.25) is 19.6 Å². The number of aromatic nitrogens is 2. The zero-order valence-electron chi connectivity index (χ0n) is 19.7. The molecule has 2 heterocycles. The lowest BCUT2D eigenvalue weighted by Gasteiger charge is -2.21. The maximum atomic E-state index is 13.8. The largest absolute Gasteiger partial charge is 0.417 e. The first-order valence-corrected chi connectivity index (χ1v) is 11.2. The van der Waals surface area contributed by atoms with Crippen molar-refractivity contribution < 1.29 is 27.2 Å². The number of aromatic amines is 1. The van der Waals surface area contributed by atoms with Gasteiger partial charge in [-0.2, -0.15) is 18.3 Å². The highest BCUT2D eigenvalue weighted by Gasteiger charge is 2.46. The van der Waals surface area contributed by atoms with Crippen LogP contribution in [0.2, 0.25) is 0 Å². The average Bonchev–Trinajstić information content (AvgIpc) is 3.45. The van der Waals surface area contributed by atoms with E-state index in [-0.39, 0.29) is 11.6 Å². The second-order valence-electron chi connectivity index (χ2n) is 9.14. The predicted octanol–water partition coefficient (Wildman–Crippen LogP) is 6.44. The standard InChI is InChI=1S/C27H20F4N4O2/c1-26(2)23-19(4-3-5-22(23)35(25(26)37)18-13-32-33-14-18)15-6-11-21(27(29,30)31)20(12-15)24(36)34-17-9-7-16(28)8-10-17/h3-14H,1-2H3,(H,32,33)(H,34,36). The molecule has 0 spiro atoms. The lowest BCUT2D eigenvalue weighted by Crippen LogP contribution is -2.33. The van der Waals surface area contributed by atoms with Crippen molar-refractivity contribution in [3.8, 4) is 11.1 Å². The van der Waals surface area contributed by atoms with Crippen LogP contribution in [0.4, 0.5) is 34.6 Å². The molecule has 10 heteroatoms. The van der Waals surface area contributed by atoms with Crippen LogP contribution in [0.15, 0.2) is 73.1 Å². The van der Waals surface area contributed by atoms with Gasteiger partial charge >= 0.3 is 6.18 Å². The van der Waals surface area contributed by atoms with Crippen LogP contribution >= 0.6 is 0 Å². The molecule has 0 aliphatic carbocycles. The second-order valence-corrected chi connectivity index (χ2v) is 9.14. The summed E-state index contributed by atoms with van der Waals surface area (Å²) in [7, 11) is 0. The van der Waals surface area contributed by atoms with Crippen LogP contribution in [0.5, 0.6) is 0 Å². The third-order valence-electron chi connectivity index (χ3n) is 6.37. The Morgan fingerprint density at radius 2 is 1.78 bits per heavy atom. The molecule has 1 aliphatic heterocycles. The van der Waals surface area contributed by atoms with E-state index in [4.69, 9.17) is 0 Å². The van der Waals surface area contributed by atoms with Gasteiger partial charge in [0.05, 0.1) is 34.1 Å². The van der Waals surface area contributed by atoms with Crippen LogP contribution in [0.3, 0.4) is 0 Å². The second kappa shape index (κ2) is 8.58. The van der Waals surface area contributed by atoms with Crippen molar-refractivity contribution >= 4 is 28.9 Å². The molecular formula is C27H20F4N4O2. The van der Waals surface area contributed by atoms with E-state index in [2.05, 4.69) is 15.5 Å². The number of H-pyrrole nitrogens is 1. The molecule has 6 nitrogen and oxygen atoms in total. The molecule has 3 aromatic carbocycles. The Hall–Kier alpha value is -4.47. The average molecular weight is 508 g/mol. The first kappa shape index (κ1) is 24.2. The molecule has 0 radical (unpaired) electrons. The predicted molar refractivity (Wildman–Crippen MR) is 130 cm³/mol. The normalized spacial score (nSPS) is 14.5. The number of hydrogen-bond acceptors (Lipinski definition) is 3. The van der Waals surface area contributed by atoms with Crippen LogP contribution < -0.4 is 10.2 Å². The Morgan fingerprint density at radius 1 is 1.05 bits per heavy atom. The van der Waals surface area contributed by atoms with Crippen LogP contribution in [0.25, 0.3) is 11.1 Å². The van der Waals surface area contributed by atoms with Gasteiger partial charge in [0.1, 0.15) is 5.82 Å². The number of halogens is 4. The van der Waals surface area contributed by atoms with Crippen molar-refractivity contribution in [2.24, 2.45) is 0 Å². The molecule has 1 aliphatic rings. The van der Waals surface area contributed by atoms with Crippen LogP contribution in [0.1, 0.15) is 35.3 Å². The Kier molecular flexibility index (Phi) is 5.62. The minimum Gasteiger partial charge on any atom is -0.322 e. The van der Waals surface area contributed by atoms with E-state index < -0.39 is 34.4 Å². The Balaban J connectivity index is 1.64. The molecule has 4 aromatic rings. The first-order chi connectivity index (χ1) is 17.5. The van der Waals surface area contributed by atoms with Gasteiger partial charge in [-0.1, -0.05) is 18.2 Å². The molecule has 188 valence electrons. The van der Waals surface area contributed by atoms with Gasteiger partial charge in [0, 0.05) is 11.9 Å². The Labute approximate surface area is 208 Å². The maximum Gasteiger partial charge on any atom is 0.417 e. The van der Waals surface area contributed by atoms with Crippen LogP contribution in [-0.2, 0) is 16.4 Å². The highest BCUT2D eigenvalue weighted by atomic mass is 19.4. The minimum absolute atomic E-state index is 0.146. The molecular weight excluding hydrogens is 488 g/mol. The van der Waals surface area contributed by atoms with Crippen LogP contribution in [-0.4, -0.2) is 22.0 Å². The SMILES string of the molecule is CC1(C)C(=O)N(c2cn[nH]c2)c2cccc(-c3ccc(C(F)(F)F)c(C(=O)Nc4ccc(F)cc4)c3)c21. The van der Waals surface area contributed by atoms with Gasteiger partial charge in [0.15, 0.2) is 0 Å². The highest BCUT2D eigenvalue weighted by molar-refractivity contribution is 6.14. The van der Waals surface area contributed by atoms with Crippen molar-refractivity contribution in [1.29, 1.82) is 0 Å². The number of nitrogens with zero attached hydrogens (tertiary/aromatic N) is 2. The summed E-state index contributed by atoms with van der Waals surface area (Å²) in [5, 5.41) is 8.99. The molecule has 0 fully saturated rings. The fourth-order valence-corrected chi connectivity index (χ4v) is 4.62. The lowest BCUT2D eigenvalue weighted by molar-refractivity contribution is -0.137. The third kappa shape index (κ3) is 4.14. The fraction of sp³-hybridized carbons (Fsp3) is 0.148. The van der Waals surface area contributed by atoms with E-state index >= 15 is 0 Å². The van der Waals surface area contributed by atoms with Crippen molar-refractivity contribution in [1.82, 2.24) is 10.2 Å². The van der Waals surface area contributed by atoms with E-state index in [0.717, 1.165) is 18.2 Å². The molecule has 37 heavy (non-hydrogen) atoms. The van der Waals surface area contributed by atoms with Crippen LogP contribution in [0, 0.1) is 5.82 Å². The molecule has 0 saturated heterocycles. The molecule has 0 atom stereocenters. The fourth-order valence-electron chi connectivity index (χ4n) is 4.62. The topological polar surface area (TPSA) is 78.1 Å². The molecule has 2 N–H and O–H groups in total. The van der Waals surface area contributed by atoms with Gasteiger partial charge in [0.25, 0.3) is 5.91 Å². The summed E-state index contributed by atoms with van der Waals surface area (Å²) in [6.45, 7) is 3.48. The van der Waals surface area contributed by atoms with Gasteiger partial charge in [-0.05, 0) is 73.0 Å². The van der Waals surface area contributed by atoms with Crippen molar-refractivity contribution in [2.75, 3.05) is 10.2 Å². The van der Waals surface area contributed by atoms with Crippen molar-refractivity contribution in [2.45, 2.75) is 25.4 Å². The highest BCUT2D eigenvalue weighted by Crippen LogP contribution is 2.49. The van der Waals surface area contributed by atoms with E-state index in [9.17, 15) is 27.2 Å². The summed E-state index contributed by atoms with van der Waals surface area (Å²) in [5.41, 5.74) is 0.00307. The van der Waals surface area contributed by atoms with E-state index in [1.54, 1.807) is 38.2 Å². The van der Waals surface area contributed by atoms with Gasteiger partial charge in [-0.25, -0.2) is 4.39 Å². The van der Waals surface area contributed by atoms with Crippen molar-refractivity contribution in [3.05, 3.63) is 95.6 Å². The smallest absolute Gasteiger partial charge is 0.322 e. The number of carbonyl (C=O) groups excluding carboxylic acids is 2. The molecule has 0 saturated carbocycles. The number of amides is 2. The summed E-state index contributed by atoms with van der Waals surface area (Å²) in [4.78, 5) is 27.9. The Bertz CT molecular complexity index is 1510. The van der Waals surface area contributed by atoms with E-state index in [1.165, 1.54) is 35.4 Å². The number of anilines is 3. The number of alkyl halides is 3. The summed E-state index contributed by atoms with van der Waals surface area (Å²) >= 11 is 0. The van der Waals surface area contributed by atoms with Gasteiger partial charge in [0.2, 0.25) is 5.91 Å². The minimum atomic E-state index is -4.79. The van der Waals surface area contributed by atoms with Gasteiger partial charge < -0.3 is 5.32 Å². The molecule has 2 amide bonds. The molecule has 5 rings (SSSR count).